The lowest BCUT2D eigenvalue weighted by molar-refractivity contribution is 0.0254. The van der Waals surface area contributed by atoms with Crippen molar-refractivity contribution in [1.29, 1.82) is 5.26 Å². The number of rotatable bonds is 7. The highest BCUT2D eigenvalue weighted by Gasteiger charge is 2.20. The highest BCUT2D eigenvalue weighted by molar-refractivity contribution is 5.89. The van der Waals surface area contributed by atoms with Crippen LogP contribution in [0.15, 0.2) is 54.8 Å². The molecule has 0 saturated carbocycles. The van der Waals surface area contributed by atoms with E-state index in [-0.39, 0.29) is 6.10 Å². The Morgan fingerprint density at radius 2 is 1.97 bits per heavy atom. The fourth-order valence-corrected chi connectivity index (χ4v) is 4.58. The molecule has 2 saturated heterocycles. The van der Waals surface area contributed by atoms with E-state index in [9.17, 15) is 5.26 Å². The molecule has 3 aromatic rings. The van der Waals surface area contributed by atoms with E-state index in [1.54, 1.807) is 19.1 Å². The summed E-state index contributed by atoms with van der Waals surface area (Å²) in [6.07, 6.45) is 6.00. The van der Waals surface area contributed by atoms with E-state index in [1.165, 1.54) is 18.5 Å². The van der Waals surface area contributed by atoms with Gasteiger partial charge in [0.05, 0.1) is 37.7 Å². The Bertz CT molecular complexity index is 1430. The molecule has 1 N–H and O–H groups in total. The molecule has 196 valence electrons. The van der Waals surface area contributed by atoms with Crippen molar-refractivity contribution in [2.24, 2.45) is 0 Å². The summed E-state index contributed by atoms with van der Waals surface area (Å²) < 4.78 is 32.0. The molecule has 0 aliphatic carbocycles. The van der Waals surface area contributed by atoms with Gasteiger partial charge in [0.1, 0.15) is 47.1 Å². The first kappa shape index (κ1) is 25.6. The molecule has 10 heteroatoms. The van der Waals surface area contributed by atoms with Crippen LogP contribution in [0.1, 0.15) is 31.2 Å². The molecule has 38 heavy (non-hydrogen) atoms. The minimum Gasteiger partial charge on any atom is -0.489 e. The average Bonchev–Trinajstić information content (AvgIpc) is 3.40. The maximum absolute atomic E-state index is 15.2. The molecule has 0 spiro atoms. The number of aromatic nitrogens is 4. The van der Waals surface area contributed by atoms with E-state index in [0.717, 1.165) is 12.8 Å². The van der Waals surface area contributed by atoms with Crippen molar-refractivity contribution in [2.45, 2.75) is 25.9 Å². The third kappa shape index (κ3) is 5.44. The summed E-state index contributed by atoms with van der Waals surface area (Å²) in [5.41, 5.74) is 3.75. The Kier molecular flexibility index (Phi) is 7.77. The minimum atomic E-state index is -0.398. The maximum atomic E-state index is 15.2. The van der Waals surface area contributed by atoms with Crippen LogP contribution in [0.25, 0.3) is 28.0 Å². The molecular formula is C28H29FN6O3. The lowest BCUT2D eigenvalue weighted by Gasteiger charge is -2.29. The molecule has 0 bridgehead atoms. The van der Waals surface area contributed by atoms with Crippen LogP contribution in [-0.4, -0.2) is 70.5 Å². The molecule has 0 unspecified atom stereocenters. The smallest absolute Gasteiger partial charge is 0.161 e. The van der Waals surface area contributed by atoms with E-state index < -0.39 is 5.83 Å². The third-order valence-electron chi connectivity index (χ3n) is 6.62. The molecule has 0 amide bonds. The van der Waals surface area contributed by atoms with E-state index in [2.05, 4.69) is 32.6 Å². The minimum absolute atomic E-state index is 0.0235. The van der Waals surface area contributed by atoms with Crippen LogP contribution in [-0.2, 0) is 9.47 Å². The predicted octanol–water partition coefficient (Wildman–Crippen LogP) is 4.55. The van der Waals surface area contributed by atoms with Gasteiger partial charge in [-0.25, -0.2) is 19.3 Å². The van der Waals surface area contributed by atoms with E-state index >= 15 is 4.39 Å². The SMILES string of the molecule is C=C/C(=C(F)\C=C(/C)c1nc2c(-c3ccc(OC4CCOCC4)c(C#N)c3)ncnc2[nH]1)N1CCOCC1. The number of benzene rings is 1. The standard InChI is InChI=1S/C28H29FN6O3/c1-3-23(35-8-12-37-13-9-35)22(29)14-18(2)27-33-26-25(31-17-32-28(26)34-27)19-4-5-24(20(15-19)16-30)38-21-6-10-36-11-7-21/h3-5,14-15,17,21H,1,6-13H2,2H3,(H,31,32,33,34)/b18-14+,23-22-. The van der Waals surface area contributed by atoms with Gasteiger partial charge in [-0.2, -0.15) is 5.26 Å². The molecule has 0 radical (unpaired) electrons. The van der Waals surface area contributed by atoms with Gasteiger partial charge in [0.25, 0.3) is 0 Å². The number of aromatic amines is 1. The average molecular weight is 517 g/mol. The number of nitriles is 1. The zero-order valence-electron chi connectivity index (χ0n) is 21.2. The van der Waals surface area contributed by atoms with Gasteiger partial charge in [0.2, 0.25) is 0 Å². The number of halogens is 1. The Morgan fingerprint density at radius 1 is 1.21 bits per heavy atom. The second kappa shape index (κ2) is 11.5. The number of allylic oxidation sites excluding steroid dienone is 4. The van der Waals surface area contributed by atoms with Gasteiger partial charge in [-0.3, -0.25) is 0 Å². The van der Waals surface area contributed by atoms with Gasteiger partial charge >= 0.3 is 0 Å². The third-order valence-corrected chi connectivity index (χ3v) is 6.62. The van der Waals surface area contributed by atoms with Crippen LogP contribution >= 0.6 is 0 Å². The second-order valence-corrected chi connectivity index (χ2v) is 9.12. The number of nitrogens with zero attached hydrogens (tertiary/aromatic N) is 5. The lowest BCUT2D eigenvalue weighted by Crippen LogP contribution is -2.35. The van der Waals surface area contributed by atoms with E-state index in [1.807, 2.05) is 11.0 Å². The van der Waals surface area contributed by atoms with Gasteiger partial charge in [-0.05, 0) is 42.8 Å². The van der Waals surface area contributed by atoms with Crippen LogP contribution in [0.5, 0.6) is 5.75 Å². The van der Waals surface area contributed by atoms with Crippen molar-refractivity contribution < 1.29 is 18.6 Å². The largest absolute Gasteiger partial charge is 0.489 e. The summed E-state index contributed by atoms with van der Waals surface area (Å²) >= 11 is 0. The Labute approximate surface area is 220 Å². The van der Waals surface area contributed by atoms with Crippen LogP contribution in [0.4, 0.5) is 4.39 Å². The summed E-state index contributed by atoms with van der Waals surface area (Å²) in [5, 5.41) is 9.78. The fourth-order valence-electron chi connectivity index (χ4n) is 4.58. The van der Waals surface area contributed by atoms with Crippen LogP contribution < -0.4 is 4.74 Å². The fraction of sp³-hybridized carbons (Fsp3) is 0.357. The molecule has 2 fully saturated rings. The molecule has 4 heterocycles. The first-order valence-corrected chi connectivity index (χ1v) is 12.6. The normalized spacial score (nSPS) is 17.7. The summed E-state index contributed by atoms with van der Waals surface area (Å²) in [6, 6.07) is 7.62. The van der Waals surface area contributed by atoms with Gasteiger partial charge in [0, 0.05) is 31.5 Å². The van der Waals surface area contributed by atoms with E-state index in [4.69, 9.17) is 14.2 Å². The number of nitrogens with one attached hydrogen (secondary N) is 1. The van der Waals surface area contributed by atoms with Crippen LogP contribution in [0.3, 0.4) is 0 Å². The van der Waals surface area contributed by atoms with Gasteiger partial charge < -0.3 is 24.1 Å². The Morgan fingerprint density at radius 3 is 2.71 bits per heavy atom. The number of fused-ring (bicyclic) bond motifs is 1. The maximum Gasteiger partial charge on any atom is 0.161 e. The molecule has 2 aliphatic rings. The summed E-state index contributed by atoms with van der Waals surface area (Å²) in [4.78, 5) is 18.5. The first-order valence-electron chi connectivity index (χ1n) is 12.6. The summed E-state index contributed by atoms with van der Waals surface area (Å²) in [6.45, 7) is 9.18. The quantitative estimate of drug-likeness (QED) is 0.456. The molecule has 9 nitrogen and oxygen atoms in total. The van der Waals surface area contributed by atoms with Gasteiger partial charge in [0.15, 0.2) is 5.65 Å². The molecule has 2 aliphatic heterocycles. The molecule has 0 atom stereocenters. The number of morpholine rings is 1. The first-order chi connectivity index (χ1) is 18.6. The highest BCUT2D eigenvalue weighted by Crippen LogP contribution is 2.31. The van der Waals surface area contributed by atoms with Crippen molar-refractivity contribution in [3.63, 3.8) is 0 Å². The van der Waals surface area contributed by atoms with Gasteiger partial charge in [-0.1, -0.05) is 6.58 Å². The zero-order valence-corrected chi connectivity index (χ0v) is 21.2. The molecular weight excluding hydrogens is 487 g/mol. The molecule has 5 rings (SSSR count). The topological polar surface area (TPSA) is 109 Å². The highest BCUT2D eigenvalue weighted by atomic mass is 19.1. The van der Waals surface area contributed by atoms with Crippen molar-refractivity contribution in [3.05, 3.63) is 66.2 Å². The number of H-pyrrole nitrogens is 1. The lowest BCUT2D eigenvalue weighted by atomic mass is 10.1. The summed E-state index contributed by atoms with van der Waals surface area (Å²) in [5.74, 6) is 0.614. The monoisotopic (exact) mass is 516 g/mol. The molecule has 2 aromatic heterocycles. The van der Waals surface area contributed by atoms with E-state index in [0.29, 0.717) is 90.3 Å². The van der Waals surface area contributed by atoms with Crippen molar-refractivity contribution in [2.75, 3.05) is 39.5 Å². The van der Waals surface area contributed by atoms with Crippen LogP contribution in [0, 0.1) is 11.3 Å². The van der Waals surface area contributed by atoms with Gasteiger partial charge in [-0.15, -0.1) is 0 Å². The van der Waals surface area contributed by atoms with Crippen molar-refractivity contribution >= 4 is 16.7 Å². The number of hydrogen-bond acceptors (Lipinski definition) is 8. The number of imidazole rings is 1. The van der Waals surface area contributed by atoms with Crippen molar-refractivity contribution in [3.8, 4) is 23.1 Å². The Balaban J connectivity index is 1.45. The van der Waals surface area contributed by atoms with Crippen molar-refractivity contribution in [1.82, 2.24) is 24.8 Å². The number of hydrogen-bond donors (Lipinski definition) is 1. The molecule has 1 aromatic carbocycles. The Hall–Kier alpha value is -4.07. The second-order valence-electron chi connectivity index (χ2n) is 9.12. The van der Waals surface area contributed by atoms with Crippen LogP contribution in [0.2, 0.25) is 0 Å². The predicted molar refractivity (Wildman–Crippen MR) is 141 cm³/mol. The summed E-state index contributed by atoms with van der Waals surface area (Å²) in [7, 11) is 0. The number of ether oxygens (including phenoxy) is 3. The zero-order chi connectivity index (χ0) is 26.5.